The minimum Gasteiger partial charge on any atom is -0.461 e. The monoisotopic (exact) mass is 512 g/mol. The Kier molecular flexibility index (Phi) is 6.59. The van der Waals surface area contributed by atoms with E-state index >= 15 is 0 Å². The molecule has 0 saturated carbocycles. The van der Waals surface area contributed by atoms with Crippen LogP contribution < -0.4 is 9.74 Å². The van der Waals surface area contributed by atoms with E-state index in [1.165, 1.54) is 18.2 Å². The maximum absolute atomic E-state index is 12.7. The van der Waals surface area contributed by atoms with Gasteiger partial charge in [-0.1, -0.05) is 45.7 Å². The largest absolute Gasteiger partial charge is 0.461 e. The fourth-order valence-electron chi connectivity index (χ4n) is 2.45. The summed E-state index contributed by atoms with van der Waals surface area (Å²) in [6.07, 6.45) is 0. The molecule has 0 radical (unpaired) electrons. The number of benzene rings is 2. The lowest BCUT2D eigenvalue weighted by atomic mass is 10.3. The molecule has 30 heavy (non-hydrogen) atoms. The second-order valence-electron chi connectivity index (χ2n) is 5.78. The van der Waals surface area contributed by atoms with E-state index in [4.69, 9.17) is 20.5 Å². The Labute approximate surface area is 185 Å². The Morgan fingerprint density at radius 3 is 2.57 bits per heavy atom. The number of ether oxygens (including phenoxy) is 1. The van der Waals surface area contributed by atoms with Gasteiger partial charge in [0.1, 0.15) is 4.90 Å². The molecule has 3 rings (SSSR count). The van der Waals surface area contributed by atoms with Gasteiger partial charge < -0.3 is 8.92 Å². The smallest absolute Gasteiger partial charge is 0.362 e. The number of hydrogen-bond donors (Lipinski definition) is 0. The number of carbonyl (C=O) groups is 1. The summed E-state index contributed by atoms with van der Waals surface area (Å²) in [4.78, 5) is 24.7. The van der Waals surface area contributed by atoms with Crippen molar-refractivity contribution in [1.82, 2.24) is 9.78 Å². The van der Waals surface area contributed by atoms with Crippen LogP contribution in [-0.2, 0) is 14.9 Å². The number of halogens is 2. The van der Waals surface area contributed by atoms with Crippen molar-refractivity contribution in [3.8, 4) is 11.4 Å². The predicted molar refractivity (Wildman–Crippen MR) is 113 cm³/mol. The van der Waals surface area contributed by atoms with Crippen LogP contribution in [0.25, 0.3) is 5.69 Å². The minimum atomic E-state index is -4.45. The molecule has 2 aromatic carbocycles. The first-order valence-electron chi connectivity index (χ1n) is 8.49. The molecule has 0 atom stereocenters. The van der Waals surface area contributed by atoms with E-state index in [2.05, 4.69) is 21.0 Å². The molecule has 3 aromatic rings. The first kappa shape index (κ1) is 22.0. The average molecular weight is 514 g/mol. The average Bonchev–Trinajstić information content (AvgIpc) is 2.68. The standard InChI is InChI=1S/C19H14BrClN2O6S/c1-2-28-19(25)18-15(29-30(26,27)16-9-4-3-8-14(16)21)11-17(24)23(22-18)13-7-5-6-12(20)10-13/h3-11H,2H2,1H3. The zero-order chi connectivity index (χ0) is 21.9. The van der Waals surface area contributed by atoms with Crippen molar-refractivity contribution in [2.45, 2.75) is 11.8 Å². The van der Waals surface area contributed by atoms with Gasteiger partial charge in [-0.3, -0.25) is 4.79 Å². The zero-order valence-corrected chi connectivity index (χ0v) is 18.6. The lowest BCUT2D eigenvalue weighted by Gasteiger charge is -2.13. The lowest BCUT2D eigenvalue weighted by molar-refractivity contribution is 0.0515. The van der Waals surface area contributed by atoms with Crippen LogP contribution in [0.2, 0.25) is 5.02 Å². The van der Waals surface area contributed by atoms with Gasteiger partial charge in [0.05, 0.1) is 23.4 Å². The van der Waals surface area contributed by atoms with Crippen LogP contribution in [-0.4, -0.2) is 30.8 Å². The molecular formula is C19H14BrClN2O6S. The molecule has 0 aliphatic heterocycles. The summed E-state index contributed by atoms with van der Waals surface area (Å²) < 4.78 is 36.9. The molecule has 11 heteroatoms. The van der Waals surface area contributed by atoms with Crippen LogP contribution in [0.3, 0.4) is 0 Å². The van der Waals surface area contributed by atoms with Gasteiger partial charge >= 0.3 is 16.1 Å². The Hall–Kier alpha value is -2.69. The first-order valence-corrected chi connectivity index (χ1v) is 11.1. The molecular weight excluding hydrogens is 500 g/mol. The second kappa shape index (κ2) is 8.99. The van der Waals surface area contributed by atoms with Crippen LogP contribution in [0, 0.1) is 0 Å². The van der Waals surface area contributed by atoms with Crippen LogP contribution >= 0.6 is 27.5 Å². The molecule has 0 amide bonds. The summed E-state index contributed by atoms with van der Waals surface area (Å²) in [5.41, 5.74) is -0.849. The number of esters is 1. The predicted octanol–water partition coefficient (Wildman–Crippen LogP) is 3.59. The van der Waals surface area contributed by atoms with Gasteiger partial charge in [0.25, 0.3) is 5.56 Å². The van der Waals surface area contributed by atoms with Crippen LogP contribution in [0.1, 0.15) is 17.4 Å². The van der Waals surface area contributed by atoms with Gasteiger partial charge in [-0.15, -0.1) is 0 Å². The van der Waals surface area contributed by atoms with Crippen molar-refractivity contribution in [1.29, 1.82) is 0 Å². The fourth-order valence-corrected chi connectivity index (χ4v) is 4.26. The molecule has 0 aliphatic rings. The van der Waals surface area contributed by atoms with Crippen LogP contribution in [0.5, 0.6) is 5.75 Å². The third-order valence-electron chi connectivity index (χ3n) is 3.72. The molecule has 0 bridgehead atoms. The molecule has 156 valence electrons. The second-order valence-corrected chi connectivity index (χ2v) is 8.61. The van der Waals surface area contributed by atoms with Gasteiger partial charge in [-0.05, 0) is 37.3 Å². The molecule has 8 nitrogen and oxygen atoms in total. The lowest BCUT2D eigenvalue weighted by Crippen LogP contribution is -2.26. The third kappa shape index (κ3) is 4.72. The van der Waals surface area contributed by atoms with Crippen molar-refractivity contribution in [2.75, 3.05) is 6.61 Å². The number of carbonyl (C=O) groups excluding carboxylic acids is 1. The van der Waals surface area contributed by atoms with Crippen molar-refractivity contribution in [3.63, 3.8) is 0 Å². The topological polar surface area (TPSA) is 105 Å². The minimum absolute atomic E-state index is 0.00717. The van der Waals surface area contributed by atoms with E-state index < -0.39 is 33.1 Å². The van der Waals surface area contributed by atoms with Crippen molar-refractivity contribution >= 4 is 43.6 Å². The molecule has 0 aliphatic carbocycles. The number of hydrogen-bond acceptors (Lipinski definition) is 7. The highest BCUT2D eigenvalue weighted by Gasteiger charge is 2.26. The number of rotatable bonds is 6. The maximum atomic E-state index is 12.7. The molecule has 0 saturated heterocycles. The quantitative estimate of drug-likeness (QED) is 0.366. The molecule has 1 heterocycles. The fraction of sp³-hybridized carbons (Fsp3) is 0.105. The van der Waals surface area contributed by atoms with E-state index in [1.807, 2.05) is 0 Å². The van der Waals surface area contributed by atoms with Gasteiger partial charge in [0.2, 0.25) is 5.69 Å². The van der Waals surface area contributed by atoms with Gasteiger partial charge in [0.15, 0.2) is 5.75 Å². The first-order chi connectivity index (χ1) is 14.2. The summed E-state index contributed by atoms with van der Waals surface area (Å²) in [5.74, 6) is -1.52. The van der Waals surface area contributed by atoms with Crippen LogP contribution in [0.4, 0.5) is 0 Å². The normalized spacial score (nSPS) is 11.2. The molecule has 0 N–H and O–H groups in total. The number of nitrogens with zero attached hydrogens (tertiary/aromatic N) is 2. The van der Waals surface area contributed by atoms with Crippen LogP contribution in [0.15, 0.2) is 68.8 Å². The van der Waals surface area contributed by atoms with E-state index in [0.717, 1.165) is 10.7 Å². The van der Waals surface area contributed by atoms with E-state index in [1.54, 1.807) is 37.3 Å². The van der Waals surface area contributed by atoms with E-state index in [9.17, 15) is 18.0 Å². The molecule has 0 spiro atoms. The summed E-state index contributed by atoms with van der Waals surface area (Å²) in [6.45, 7) is 1.58. The Morgan fingerprint density at radius 1 is 1.17 bits per heavy atom. The highest BCUT2D eigenvalue weighted by Crippen LogP contribution is 2.26. The van der Waals surface area contributed by atoms with E-state index in [0.29, 0.717) is 10.2 Å². The molecule has 0 fully saturated rings. The highest BCUT2D eigenvalue weighted by molar-refractivity contribution is 9.10. The highest BCUT2D eigenvalue weighted by atomic mass is 79.9. The van der Waals surface area contributed by atoms with Gasteiger partial charge in [-0.25, -0.2) is 4.79 Å². The van der Waals surface area contributed by atoms with Crippen molar-refractivity contribution < 1.29 is 22.1 Å². The maximum Gasteiger partial charge on any atom is 0.362 e. The van der Waals surface area contributed by atoms with Gasteiger partial charge in [-0.2, -0.15) is 18.2 Å². The van der Waals surface area contributed by atoms with Gasteiger partial charge in [0, 0.05) is 4.47 Å². The zero-order valence-electron chi connectivity index (χ0n) is 15.4. The van der Waals surface area contributed by atoms with Crippen molar-refractivity contribution in [2.24, 2.45) is 0 Å². The SMILES string of the molecule is CCOC(=O)c1nn(-c2cccc(Br)c2)c(=O)cc1OS(=O)(=O)c1ccccc1Cl. The Balaban J connectivity index is 2.14. The summed E-state index contributed by atoms with van der Waals surface area (Å²) in [6, 6.07) is 13.1. The molecule has 1 aromatic heterocycles. The Bertz CT molecular complexity index is 1280. The summed E-state index contributed by atoms with van der Waals surface area (Å²) >= 11 is 9.23. The Morgan fingerprint density at radius 2 is 1.90 bits per heavy atom. The summed E-state index contributed by atoms with van der Waals surface area (Å²) in [7, 11) is -4.45. The molecule has 0 unspecified atom stereocenters. The van der Waals surface area contributed by atoms with Crippen molar-refractivity contribution in [3.05, 3.63) is 80.1 Å². The number of aromatic nitrogens is 2. The third-order valence-corrected chi connectivity index (χ3v) is 5.95. The van der Waals surface area contributed by atoms with E-state index in [-0.39, 0.29) is 16.5 Å². The summed E-state index contributed by atoms with van der Waals surface area (Å²) in [5, 5.41) is 3.91.